The van der Waals surface area contributed by atoms with Crippen LogP contribution >= 0.6 is 0 Å². The zero-order chi connectivity index (χ0) is 12.0. The van der Waals surface area contributed by atoms with E-state index in [9.17, 15) is 13.6 Å². The molecule has 0 unspecified atom stereocenters. The molecule has 2 aliphatic rings. The van der Waals surface area contributed by atoms with Gasteiger partial charge in [0.1, 0.15) is 11.5 Å². The molecule has 5 heteroatoms. The highest BCUT2D eigenvalue weighted by molar-refractivity contribution is 5.97. The predicted molar refractivity (Wildman–Crippen MR) is 59.8 cm³/mol. The van der Waals surface area contributed by atoms with Crippen molar-refractivity contribution in [2.45, 2.75) is 31.2 Å². The molecule has 1 heterocycles. The van der Waals surface area contributed by atoms with Gasteiger partial charge in [0.25, 0.3) is 0 Å². The highest BCUT2D eigenvalue weighted by Gasteiger charge is 2.41. The molecule has 2 N–H and O–H groups in total. The van der Waals surface area contributed by atoms with E-state index in [0.717, 1.165) is 25.3 Å². The molecular formula is C12H12F2N2O. The summed E-state index contributed by atoms with van der Waals surface area (Å²) in [7, 11) is 0. The van der Waals surface area contributed by atoms with Crippen LogP contribution in [0.5, 0.6) is 0 Å². The van der Waals surface area contributed by atoms with Crippen LogP contribution in [0.15, 0.2) is 12.1 Å². The number of hydrogen-bond acceptors (Lipinski definition) is 2. The minimum absolute atomic E-state index is 0.0557. The Morgan fingerprint density at radius 1 is 1.24 bits per heavy atom. The molecule has 90 valence electrons. The first kappa shape index (κ1) is 10.5. The monoisotopic (exact) mass is 238 g/mol. The first-order valence-corrected chi connectivity index (χ1v) is 5.65. The van der Waals surface area contributed by atoms with Gasteiger partial charge in [-0.15, -0.1) is 0 Å². The summed E-state index contributed by atoms with van der Waals surface area (Å²) in [4.78, 5) is 11.7. The van der Waals surface area contributed by atoms with E-state index in [-0.39, 0.29) is 17.1 Å². The molecule has 3 nitrogen and oxygen atoms in total. The summed E-state index contributed by atoms with van der Waals surface area (Å²) in [5.41, 5.74) is 0.0866. The van der Waals surface area contributed by atoms with Gasteiger partial charge < -0.3 is 10.6 Å². The minimum atomic E-state index is -0.739. The van der Waals surface area contributed by atoms with Crippen molar-refractivity contribution in [3.8, 4) is 0 Å². The summed E-state index contributed by atoms with van der Waals surface area (Å²) in [6.45, 7) is 0. The van der Waals surface area contributed by atoms with Gasteiger partial charge in [-0.05, 0) is 25.3 Å². The number of fused-ring (bicyclic) bond motifs is 1. The van der Waals surface area contributed by atoms with Crippen molar-refractivity contribution >= 4 is 17.3 Å². The Balaban J connectivity index is 2.08. The molecule has 1 aromatic carbocycles. The van der Waals surface area contributed by atoms with Gasteiger partial charge in [0, 0.05) is 18.0 Å². The number of hydrogen-bond donors (Lipinski definition) is 2. The van der Waals surface area contributed by atoms with Crippen molar-refractivity contribution in [3.05, 3.63) is 23.8 Å². The quantitative estimate of drug-likeness (QED) is 0.729. The molecule has 3 rings (SSSR count). The number of anilines is 2. The van der Waals surface area contributed by atoms with Gasteiger partial charge in [0.15, 0.2) is 5.82 Å². The molecule has 0 saturated heterocycles. The first-order valence-electron chi connectivity index (χ1n) is 5.65. The second kappa shape index (κ2) is 3.42. The molecule has 1 aliphatic heterocycles. The fraction of sp³-hybridized carbons (Fsp3) is 0.417. The van der Waals surface area contributed by atoms with Crippen LogP contribution in [0.1, 0.15) is 25.7 Å². The second-order valence-electron chi connectivity index (χ2n) is 4.79. The van der Waals surface area contributed by atoms with Gasteiger partial charge in [-0.2, -0.15) is 0 Å². The molecular weight excluding hydrogens is 226 g/mol. The number of halogens is 2. The Hall–Kier alpha value is -1.65. The van der Waals surface area contributed by atoms with E-state index in [2.05, 4.69) is 10.6 Å². The summed E-state index contributed by atoms with van der Waals surface area (Å²) in [5, 5.41) is 5.62. The number of amides is 1. The third-order valence-corrected chi connectivity index (χ3v) is 3.53. The molecule has 0 aromatic heterocycles. The Kier molecular flexibility index (Phi) is 2.11. The Labute approximate surface area is 97.2 Å². The minimum Gasteiger partial charge on any atom is -0.377 e. The van der Waals surface area contributed by atoms with Gasteiger partial charge in [-0.25, -0.2) is 8.78 Å². The SMILES string of the molecule is O=C1CC2(CCC2)Nc2cc(F)cc(F)c2N1. The van der Waals surface area contributed by atoms with Gasteiger partial charge in [0.05, 0.1) is 5.69 Å². The molecule has 0 radical (unpaired) electrons. The van der Waals surface area contributed by atoms with Crippen molar-refractivity contribution in [3.63, 3.8) is 0 Å². The number of benzene rings is 1. The van der Waals surface area contributed by atoms with Crippen molar-refractivity contribution in [1.29, 1.82) is 0 Å². The van der Waals surface area contributed by atoms with Crippen molar-refractivity contribution in [2.75, 3.05) is 10.6 Å². The summed E-state index contributed by atoms with van der Waals surface area (Å²) in [5.74, 6) is -1.60. The van der Waals surface area contributed by atoms with Crippen LogP contribution in [-0.4, -0.2) is 11.4 Å². The average molecular weight is 238 g/mol. The molecule has 1 aliphatic carbocycles. The summed E-state index contributed by atoms with van der Waals surface area (Å²) >= 11 is 0. The number of nitrogens with one attached hydrogen (secondary N) is 2. The van der Waals surface area contributed by atoms with Crippen LogP contribution in [0.3, 0.4) is 0 Å². The molecule has 0 atom stereocenters. The number of carbonyl (C=O) groups is 1. The molecule has 17 heavy (non-hydrogen) atoms. The van der Waals surface area contributed by atoms with E-state index < -0.39 is 11.6 Å². The van der Waals surface area contributed by atoms with Crippen LogP contribution in [0.2, 0.25) is 0 Å². The lowest BCUT2D eigenvalue weighted by atomic mass is 9.74. The number of rotatable bonds is 0. The standard InChI is InChI=1S/C12H12F2N2O/c13-7-4-8(14)11-9(5-7)16-12(2-1-3-12)6-10(17)15-11/h4-5,16H,1-3,6H2,(H,15,17). The number of carbonyl (C=O) groups excluding carboxylic acids is 1. The molecule has 1 saturated carbocycles. The van der Waals surface area contributed by atoms with E-state index in [1.807, 2.05) is 0 Å². The van der Waals surface area contributed by atoms with Gasteiger partial charge in [0.2, 0.25) is 5.91 Å². The van der Waals surface area contributed by atoms with Crippen molar-refractivity contribution in [1.82, 2.24) is 0 Å². The zero-order valence-electron chi connectivity index (χ0n) is 9.15. The first-order chi connectivity index (χ1) is 8.08. The maximum absolute atomic E-state index is 13.6. The van der Waals surface area contributed by atoms with E-state index in [0.29, 0.717) is 12.1 Å². The van der Waals surface area contributed by atoms with Crippen LogP contribution < -0.4 is 10.6 Å². The zero-order valence-corrected chi connectivity index (χ0v) is 9.15. The van der Waals surface area contributed by atoms with E-state index in [4.69, 9.17) is 0 Å². The largest absolute Gasteiger partial charge is 0.377 e. The molecule has 1 amide bonds. The lowest BCUT2D eigenvalue weighted by Crippen LogP contribution is -2.46. The van der Waals surface area contributed by atoms with Gasteiger partial charge >= 0.3 is 0 Å². The lowest BCUT2D eigenvalue weighted by Gasteiger charge is -2.41. The molecule has 0 bridgehead atoms. The fourth-order valence-electron chi connectivity index (χ4n) is 2.53. The maximum Gasteiger partial charge on any atom is 0.226 e. The smallest absolute Gasteiger partial charge is 0.226 e. The third kappa shape index (κ3) is 1.66. The van der Waals surface area contributed by atoms with Crippen LogP contribution in [0.25, 0.3) is 0 Å². The Bertz CT molecular complexity index is 498. The van der Waals surface area contributed by atoms with E-state index >= 15 is 0 Å². The Morgan fingerprint density at radius 2 is 2.00 bits per heavy atom. The van der Waals surface area contributed by atoms with Crippen molar-refractivity contribution < 1.29 is 13.6 Å². The summed E-state index contributed by atoms with van der Waals surface area (Å²) in [6, 6.07) is 2.00. The topological polar surface area (TPSA) is 41.1 Å². The highest BCUT2D eigenvalue weighted by Crippen LogP contribution is 2.42. The molecule has 1 spiro atoms. The van der Waals surface area contributed by atoms with E-state index in [1.165, 1.54) is 6.07 Å². The maximum atomic E-state index is 13.6. The van der Waals surface area contributed by atoms with Crippen LogP contribution in [0, 0.1) is 11.6 Å². The third-order valence-electron chi connectivity index (χ3n) is 3.53. The fourth-order valence-corrected chi connectivity index (χ4v) is 2.53. The van der Waals surface area contributed by atoms with Gasteiger partial charge in [-0.3, -0.25) is 4.79 Å². The summed E-state index contributed by atoms with van der Waals surface area (Å²) < 4.78 is 26.7. The summed E-state index contributed by atoms with van der Waals surface area (Å²) in [6.07, 6.45) is 3.06. The van der Waals surface area contributed by atoms with Crippen molar-refractivity contribution in [2.24, 2.45) is 0 Å². The molecule has 1 aromatic rings. The van der Waals surface area contributed by atoms with Crippen LogP contribution in [0.4, 0.5) is 20.2 Å². The Morgan fingerprint density at radius 3 is 2.65 bits per heavy atom. The lowest BCUT2D eigenvalue weighted by molar-refractivity contribution is -0.117. The average Bonchev–Trinajstić information content (AvgIpc) is 2.34. The molecule has 1 fully saturated rings. The predicted octanol–water partition coefficient (Wildman–Crippen LogP) is 2.64. The van der Waals surface area contributed by atoms with Crippen LogP contribution in [-0.2, 0) is 4.79 Å². The van der Waals surface area contributed by atoms with Gasteiger partial charge in [-0.1, -0.05) is 0 Å². The highest BCUT2D eigenvalue weighted by atomic mass is 19.1. The normalized spacial score (nSPS) is 20.9. The van der Waals surface area contributed by atoms with E-state index in [1.54, 1.807) is 0 Å². The second-order valence-corrected chi connectivity index (χ2v) is 4.79.